The van der Waals surface area contributed by atoms with E-state index in [2.05, 4.69) is 10.3 Å². The van der Waals surface area contributed by atoms with Crippen LogP contribution in [-0.4, -0.2) is 27.2 Å². The van der Waals surface area contributed by atoms with E-state index in [-0.39, 0.29) is 6.04 Å². The molecule has 1 rings (SSSR count). The average Bonchev–Trinajstić information content (AvgIpc) is 2.50. The Morgan fingerprint density at radius 2 is 2.38 bits per heavy atom. The van der Waals surface area contributed by atoms with Crippen molar-refractivity contribution in [1.29, 1.82) is 0 Å². The molecule has 2 atom stereocenters. The van der Waals surface area contributed by atoms with Gasteiger partial charge in [0.05, 0.1) is 0 Å². The van der Waals surface area contributed by atoms with Gasteiger partial charge in [-0.2, -0.15) is 0 Å². The van der Waals surface area contributed by atoms with Gasteiger partial charge in [0, 0.05) is 25.5 Å². The molecule has 0 bridgehead atoms. The summed E-state index contributed by atoms with van der Waals surface area (Å²) in [5.74, 6) is 0.702. The summed E-state index contributed by atoms with van der Waals surface area (Å²) < 4.78 is 1.83. The summed E-state index contributed by atoms with van der Waals surface area (Å²) >= 11 is 0. The summed E-state index contributed by atoms with van der Waals surface area (Å²) in [7, 11) is 1.88. The fourth-order valence-corrected chi connectivity index (χ4v) is 1.32. The minimum Gasteiger partial charge on any atom is -0.384 e. The zero-order chi connectivity index (χ0) is 9.84. The van der Waals surface area contributed by atoms with Gasteiger partial charge in [-0.3, -0.25) is 0 Å². The van der Waals surface area contributed by atoms with Crippen LogP contribution in [0.5, 0.6) is 0 Å². The van der Waals surface area contributed by atoms with Crippen molar-refractivity contribution >= 4 is 0 Å². The first-order chi connectivity index (χ1) is 6.16. The molecule has 4 heteroatoms. The van der Waals surface area contributed by atoms with E-state index in [1.165, 1.54) is 0 Å². The lowest BCUT2D eigenvalue weighted by atomic mass is 10.2. The molecule has 0 aliphatic heterocycles. The molecule has 0 radical (unpaired) electrons. The minimum absolute atomic E-state index is 0.0334. The summed E-state index contributed by atoms with van der Waals surface area (Å²) in [4.78, 5) is 4.09. The SMILES string of the molecule is CCNC(C)C(O)c1nccn1C. The topological polar surface area (TPSA) is 50.1 Å². The van der Waals surface area contributed by atoms with Crippen LogP contribution in [0.15, 0.2) is 12.4 Å². The van der Waals surface area contributed by atoms with Gasteiger partial charge in [0.2, 0.25) is 0 Å². The summed E-state index contributed by atoms with van der Waals surface area (Å²) in [6.07, 6.45) is 2.98. The van der Waals surface area contributed by atoms with Gasteiger partial charge in [-0.15, -0.1) is 0 Å². The van der Waals surface area contributed by atoms with Crippen LogP contribution in [-0.2, 0) is 7.05 Å². The fraction of sp³-hybridized carbons (Fsp3) is 0.667. The summed E-state index contributed by atoms with van der Waals surface area (Å²) in [5, 5.41) is 13.0. The third-order valence-electron chi connectivity index (χ3n) is 2.12. The van der Waals surface area contributed by atoms with Crippen molar-refractivity contribution in [3.63, 3.8) is 0 Å². The van der Waals surface area contributed by atoms with Gasteiger partial charge < -0.3 is 15.0 Å². The Morgan fingerprint density at radius 1 is 1.69 bits per heavy atom. The van der Waals surface area contributed by atoms with E-state index in [1.807, 2.05) is 31.7 Å². The van der Waals surface area contributed by atoms with Crippen LogP contribution in [0.1, 0.15) is 25.8 Å². The zero-order valence-corrected chi connectivity index (χ0v) is 8.36. The third-order valence-corrected chi connectivity index (χ3v) is 2.12. The number of aliphatic hydroxyl groups is 1. The highest BCUT2D eigenvalue weighted by atomic mass is 16.3. The van der Waals surface area contributed by atoms with Crippen LogP contribution >= 0.6 is 0 Å². The predicted molar refractivity (Wildman–Crippen MR) is 51.3 cm³/mol. The molecule has 0 amide bonds. The second-order valence-corrected chi connectivity index (χ2v) is 3.19. The Morgan fingerprint density at radius 3 is 2.85 bits per heavy atom. The second-order valence-electron chi connectivity index (χ2n) is 3.19. The van der Waals surface area contributed by atoms with Gasteiger partial charge in [0.1, 0.15) is 11.9 Å². The monoisotopic (exact) mass is 183 g/mol. The maximum absolute atomic E-state index is 9.84. The van der Waals surface area contributed by atoms with Gasteiger partial charge in [0.25, 0.3) is 0 Å². The number of aliphatic hydroxyl groups excluding tert-OH is 1. The quantitative estimate of drug-likeness (QED) is 0.712. The van der Waals surface area contributed by atoms with Crippen molar-refractivity contribution in [3.05, 3.63) is 18.2 Å². The average molecular weight is 183 g/mol. The van der Waals surface area contributed by atoms with E-state index >= 15 is 0 Å². The molecule has 0 aliphatic rings. The highest BCUT2D eigenvalue weighted by molar-refractivity contribution is 4.98. The number of aryl methyl sites for hydroxylation is 1. The molecule has 4 nitrogen and oxygen atoms in total. The van der Waals surface area contributed by atoms with Crippen LogP contribution in [0.2, 0.25) is 0 Å². The highest BCUT2D eigenvalue weighted by Crippen LogP contribution is 2.13. The fourth-order valence-electron chi connectivity index (χ4n) is 1.32. The second kappa shape index (κ2) is 4.39. The standard InChI is InChI=1S/C9H17N3O/c1-4-10-7(2)8(13)9-11-5-6-12(9)3/h5-8,10,13H,4H2,1-3H3. The van der Waals surface area contributed by atoms with E-state index in [0.717, 1.165) is 6.54 Å². The first kappa shape index (κ1) is 10.2. The molecule has 0 aromatic carbocycles. The third kappa shape index (κ3) is 2.29. The van der Waals surface area contributed by atoms with E-state index in [9.17, 15) is 5.11 Å². The van der Waals surface area contributed by atoms with Gasteiger partial charge in [-0.1, -0.05) is 6.92 Å². The normalized spacial score (nSPS) is 15.7. The first-order valence-corrected chi connectivity index (χ1v) is 4.55. The number of rotatable bonds is 4. The van der Waals surface area contributed by atoms with Crippen LogP contribution in [0.25, 0.3) is 0 Å². The van der Waals surface area contributed by atoms with Crippen molar-refractivity contribution in [2.45, 2.75) is 26.0 Å². The van der Waals surface area contributed by atoms with Gasteiger partial charge in [0.15, 0.2) is 0 Å². The number of hydrogen-bond donors (Lipinski definition) is 2. The Balaban J connectivity index is 2.67. The molecule has 0 fully saturated rings. The predicted octanol–water partition coefficient (Wildman–Crippen LogP) is 0.451. The molecule has 0 saturated heterocycles. The molecular formula is C9H17N3O. The molecule has 1 heterocycles. The van der Waals surface area contributed by atoms with Crippen molar-refractivity contribution in [1.82, 2.24) is 14.9 Å². The lowest BCUT2D eigenvalue weighted by Gasteiger charge is -2.18. The Labute approximate surface area is 78.6 Å². The summed E-state index contributed by atoms with van der Waals surface area (Å²) in [5.41, 5.74) is 0. The summed E-state index contributed by atoms with van der Waals surface area (Å²) in [6.45, 7) is 4.81. The molecule has 0 saturated carbocycles. The number of imidazole rings is 1. The van der Waals surface area contributed by atoms with E-state index in [1.54, 1.807) is 6.20 Å². The lowest BCUT2D eigenvalue weighted by Crippen LogP contribution is -2.33. The Hall–Kier alpha value is -0.870. The Kier molecular flexibility index (Phi) is 3.45. The van der Waals surface area contributed by atoms with E-state index < -0.39 is 6.10 Å². The number of aromatic nitrogens is 2. The van der Waals surface area contributed by atoms with Crippen LogP contribution in [0, 0.1) is 0 Å². The largest absolute Gasteiger partial charge is 0.384 e. The van der Waals surface area contributed by atoms with Gasteiger partial charge in [-0.05, 0) is 13.5 Å². The molecule has 2 N–H and O–H groups in total. The van der Waals surface area contributed by atoms with Crippen molar-refractivity contribution < 1.29 is 5.11 Å². The number of likely N-dealkylation sites (N-methyl/N-ethyl adjacent to an activating group) is 1. The molecule has 0 spiro atoms. The first-order valence-electron chi connectivity index (χ1n) is 4.55. The Bertz CT molecular complexity index is 259. The maximum Gasteiger partial charge on any atom is 0.138 e. The number of nitrogens with one attached hydrogen (secondary N) is 1. The molecule has 1 aromatic heterocycles. The molecule has 1 aromatic rings. The van der Waals surface area contributed by atoms with Crippen molar-refractivity contribution in [2.24, 2.45) is 7.05 Å². The van der Waals surface area contributed by atoms with Crippen LogP contribution in [0.3, 0.4) is 0 Å². The highest BCUT2D eigenvalue weighted by Gasteiger charge is 2.18. The number of hydrogen-bond acceptors (Lipinski definition) is 3. The molecule has 13 heavy (non-hydrogen) atoms. The summed E-state index contributed by atoms with van der Waals surface area (Å²) in [6, 6.07) is 0.0334. The smallest absolute Gasteiger partial charge is 0.138 e. The van der Waals surface area contributed by atoms with Crippen LogP contribution < -0.4 is 5.32 Å². The van der Waals surface area contributed by atoms with E-state index in [4.69, 9.17) is 0 Å². The van der Waals surface area contributed by atoms with Crippen molar-refractivity contribution in [2.75, 3.05) is 6.54 Å². The van der Waals surface area contributed by atoms with E-state index in [0.29, 0.717) is 5.82 Å². The maximum atomic E-state index is 9.84. The lowest BCUT2D eigenvalue weighted by molar-refractivity contribution is 0.125. The molecule has 2 unspecified atom stereocenters. The number of nitrogens with zero attached hydrogens (tertiary/aromatic N) is 2. The molecular weight excluding hydrogens is 166 g/mol. The molecule has 74 valence electrons. The van der Waals surface area contributed by atoms with Gasteiger partial charge >= 0.3 is 0 Å². The van der Waals surface area contributed by atoms with Gasteiger partial charge in [-0.25, -0.2) is 4.98 Å². The van der Waals surface area contributed by atoms with Crippen LogP contribution in [0.4, 0.5) is 0 Å². The molecule has 0 aliphatic carbocycles. The zero-order valence-electron chi connectivity index (χ0n) is 8.36. The minimum atomic E-state index is -0.542. The van der Waals surface area contributed by atoms with Crippen molar-refractivity contribution in [3.8, 4) is 0 Å².